The molecular formula is C17H22N2O2. The van der Waals surface area contributed by atoms with E-state index in [0.717, 1.165) is 13.1 Å². The van der Waals surface area contributed by atoms with Crippen LogP contribution in [0.4, 0.5) is 0 Å². The first-order valence-electron chi connectivity index (χ1n) is 7.45. The van der Waals surface area contributed by atoms with E-state index >= 15 is 0 Å². The van der Waals surface area contributed by atoms with E-state index in [2.05, 4.69) is 19.9 Å². The average molecular weight is 286 g/mol. The highest BCUT2D eigenvalue weighted by Gasteiger charge is 2.29. The molecule has 0 aromatic heterocycles. The first-order valence-corrected chi connectivity index (χ1v) is 7.45. The van der Waals surface area contributed by atoms with E-state index in [-0.39, 0.29) is 5.91 Å². The van der Waals surface area contributed by atoms with Gasteiger partial charge in [-0.15, -0.1) is 0 Å². The van der Waals surface area contributed by atoms with Gasteiger partial charge in [0, 0.05) is 13.1 Å². The third-order valence-electron chi connectivity index (χ3n) is 3.82. The van der Waals surface area contributed by atoms with E-state index in [0.29, 0.717) is 23.1 Å². The molecule has 4 nitrogen and oxygen atoms in total. The lowest BCUT2D eigenvalue weighted by atomic mass is 9.91. The number of rotatable bonds is 3. The highest BCUT2D eigenvalue weighted by atomic mass is 16.5. The zero-order valence-corrected chi connectivity index (χ0v) is 12.9. The largest absolute Gasteiger partial charge is 0.481 e. The van der Waals surface area contributed by atoms with Gasteiger partial charge in [0.25, 0.3) is 5.91 Å². The van der Waals surface area contributed by atoms with Crippen molar-refractivity contribution in [1.82, 2.24) is 4.90 Å². The van der Waals surface area contributed by atoms with Crippen LogP contribution in [0.5, 0.6) is 5.75 Å². The molecule has 1 saturated heterocycles. The summed E-state index contributed by atoms with van der Waals surface area (Å²) in [7, 11) is 0. The van der Waals surface area contributed by atoms with Gasteiger partial charge in [-0.3, -0.25) is 4.79 Å². The van der Waals surface area contributed by atoms with Gasteiger partial charge in [-0.05, 0) is 49.4 Å². The fourth-order valence-electron chi connectivity index (χ4n) is 2.96. The molecule has 0 aliphatic carbocycles. The number of carbonyl (C=O) groups is 1. The molecule has 3 atom stereocenters. The van der Waals surface area contributed by atoms with Gasteiger partial charge in [0.15, 0.2) is 6.10 Å². The standard InChI is InChI=1S/C17H22N2O2/c1-12-8-13(2)11-19(10-12)17(20)14(3)21-16-6-4-15(9-18)5-7-16/h4-7,12-14H,8,10-11H2,1-3H3. The van der Waals surface area contributed by atoms with Crippen LogP contribution in [0.2, 0.25) is 0 Å². The Kier molecular flexibility index (Phi) is 4.85. The Morgan fingerprint density at radius 1 is 1.29 bits per heavy atom. The highest BCUT2D eigenvalue weighted by molar-refractivity contribution is 5.81. The van der Waals surface area contributed by atoms with E-state index in [1.807, 2.05) is 4.90 Å². The van der Waals surface area contributed by atoms with Crippen molar-refractivity contribution < 1.29 is 9.53 Å². The summed E-state index contributed by atoms with van der Waals surface area (Å²) >= 11 is 0. The number of nitriles is 1. The van der Waals surface area contributed by atoms with Crippen LogP contribution in [-0.4, -0.2) is 30.0 Å². The van der Waals surface area contributed by atoms with E-state index in [9.17, 15) is 4.79 Å². The molecule has 0 radical (unpaired) electrons. The van der Waals surface area contributed by atoms with Crippen LogP contribution in [0, 0.1) is 23.2 Å². The van der Waals surface area contributed by atoms with Gasteiger partial charge in [-0.25, -0.2) is 0 Å². The van der Waals surface area contributed by atoms with Gasteiger partial charge >= 0.3 is 0 Å². The Hall–Kier alpha value is -2.02. The summed E-state index contributed by atoms with van der Waals surface area (Å²) in [4.78, 5) is 14.4. The Balaban J connectivity index is 1.97. The maximum atomic E-state index is 12.5. The predicted molar refractivity (Wildman–Crippen MR) is 80.8 cm³/mol. The maximum absolute atomic E-state index is 12.5. The molecule has 112 valence electrons. The van der Waals surface area contributed by atoms with Crippen molar-refractivity contribution in [3.05, 3.63) is 29.8 Å². The number of hydrogen-bond acceptors (Lipinski definition) is 3. The van der Waals surface area contributed by atoms with Gasteiger partial charge in [0.1, 0.15) is 5.75 Å². The van der Waals surface area contributed by atoms with Gasteiger partial charge in [0.05, 0.1) is 11.6 Å². The second-order valence-electron chi connectivity index (χ2n) is 6.09. The summed E-state index contributed by atoms with van der Waals surface area (Å²) < 4.78 is 5.70. The molecule has 1 aliphatic rings. The number of hydrogen-bond donors (Lipinski definition) is 0. The second-order valence-corrected chi connectivity index (χ2v) is 6.09. The molecule has 0 bridgehead atoms. The molecule has 0 N–H and O–H groups in total. The normalized spacial score (nSPS) is 23.2. The second kappa shape index (κ2) is 6.62. The quantitative estimate of drug-likeness (QED) is 0.858. The van der Waals surface area contributed by atoms with Gasteiger partial charge in [0.2, 0.25) is 0 Å². The fraction of sp³-hybridized carbons (Fsp3) is 0.529. The summed E-state index contributed by atoms with van der Waals surface area (Å²) in [6, 6.07) is 8.90. The van der Waals surface area contributed by atoms with Crippen LogP contribution >= 0.6 is 0 Å². The Labute approximate surface area is 126 Å². The topological polar surface area (TPSA) is 53.3 Å². The number of amides is 1. The third kappa shape index (κ3) is 3.98. The third-order valence-corrected chi connectivity index (χ3v) is 3.82. The molecule has 0 saturated carbocycles. The van der Waals surface area contributed by atoms with Crippen molar-refractivity contribution >= 4 is 5.91 Å². The number of ether oxygens (including phenoxy) is 1. The molecule has 1 amide bonds. The van der Waals surface area contributed by atoms with Crippen molar-refractivity contribution in [2.75, 3.05) is 13.1 Å². The fourth-order valence-corrected chi connectivity index (χ4v) is 2.96. The van der Waals surface area contributed by atoms with E-state index in [1.165, 1.54) is 6.42 Å². The Morgan fingerprint density at radius 2 is 1.86 bits per heavy atom. The lowest BCUT2D eigenvalue weighted by Crippen LogP contribution is -2.47. The zero-order chi connectivity index (χ0) is 15.4. The lowest BCUT2D eigenvalue weighted by molar-refractivity contribution is -0.140. The molecule has 1 aromatic rings. The van der Waals surface area contributed by atoms with E-state index < -0.39 is 6.10 Å². The SMILES string of the molecule is CC1CC(C)CN(C(=O)C(C)Oc2ccc(C#N)cc2)C1. The molecule has 1 aliphatic heterocycles. The minimum absolute atomic E-state index is 0.0396. The Bertz CT molecular complexity index is 523. The first kappa shape index (κ1) is 15.4. The van der Waals surface area contributed by atoms with Crippen LogP contribution in [0.15, 0.2) is 24.3 Å². The predicted octanol–water partition coefficient (Wildman–Crippen LogP) is 2.83. The van der Waals surface area contributed by atoms with E-state index in [4.69, 9.17) is 10.00 Å². The van der Waals surface area contributed by atoms with Crippen molar-refractivity contribution in [2.24, 2.45) is 11.8 Å². The molecule has 1 heterocycles. The monoisotopic (exact) mass is 286 g/mol. The molecule has 1 fully saturated rings. The molecule has 4 heteroatoms. The molecular weight excluding hydrogens is 264 g/mol. The van der Waals surface area contributed by atoms with Crippen molar-refractivity contribution in [2.45, 2.75) is 33.3 Å². The summed E-state index contributed by atoms with van der Waals surface area (Å²) in [6.07, 6.45) is 0.671. The summed E-state index contributed by atoms with van der Waals surface area (Å²) in [6.45, 7) is 7.77. The highest BCUT2D eigenvalue weighted by Crippen LogP contribution is 2.22. The van der Waals surface area contributed by atoms with Gasteiger partial charge < -0.3 is 9.64 Å². The van der Waals surface area contributed by atoms with Crippen molar-refractivity contribution in [3.8, 4) is 11.8 Å². The molecule has 1 aromatic carbocycles. The molecule has 21 heavy (non-hydrogen) atoms. The number of carbonyl (C=O) groups excluding carboxylic acids is 1. The smallest absolute Gasteiger partial charge is 0.263 e. The Morgan fingerprint density at radius 3 is 2.38 bits per heavy atom. The van der Waals surface area contributed by atoms with E-state index in [1.54, 1.807) is 31.2 Å². The van der Waals surface area contributed by atoms with Crippen molar-refractivity contribution in [3.63, 3.8) is 0 Å². The van der Waals surface area contributed by atoms with Gasteiger partial charge in [-0.2, -0.15) is 5.26 Å². The van der Waals surface area contributed by atoms with Crippen LogP contribution in [0.3, 0.4) is 0 Å². The lowest BCUT2D eigenvalue weighted by Gasteiger charge is -2.36. The minimum atomic E-state index is -0.504. The van der Waals surface area contributed by atoms with Crippen LogP contribution in [-0.2, 0) is 4.79 Å². The van der Waals surface area contributed by atoms with Crippen LogP contribution in [0.1, 0.15) is 32.8 Å². The number of piperidine rings is 1. The number of likely N-dealkylation sites (tertiary alicyclic amines) is 1. The van der Waals surface area contributed by atoms with Crippen LogP contribution < -0.4 is 4.74 Å². The van der Waals surface area contributed by atoms with Gasteiger partial charge in [-0.1, -0.05) is 13.8 Å². The zero-order valence-electron chi connectivity index (χ0n) is 12.9. The summed E-state index contributed by atoms with van der Waals surface area (Å²) in [5, 5.41) is 8.77. The summed E-state index contributed by atoms with van der Waals surface area (Å²) in [5.41, 5.74) is 0.583. The number of benzene rings is 1. The first-order chi connectivity index (χ1) is 9.99. The average Bonchev–Trinajstić information content (AvgIpc) is 2.46. The molecule has 0 spiro atoms. The molecule has 3 unspecified atom stereocenters. The maximum Gasteiger partial charge on any atom is 0.263 e. The molecule has 2 rings (SSSR count). The minimum Gasteiger partial charge on any atom is -0.481 e. The number of nitrogens with zero attached hydrogens (tertiary/aromatic N) is 2. The van der Waals surface area contributed by atoms with Crippen LogP contribution in [0.25, 0.3) is 0 Å². The van der Waals surface area contributed by atoms with Crippen molar-refractivity contribution in [1.29, 1.82) is 5.26 Å². The summed E-state index contributed by atoms with van der Waals surface area (Å²) in [5.74, 6) is 1.74.